The van der Waals surface area contributed by atoms with E-state index in [2.05, 4.69) is 15.3 Å². The molecule has 0 radical (unpaired) electrons. The van der Waals surface area contributed by atoms with E-state index in [0.29, 0.717) is 35.8 Å². The minimum atomic E-state index is -0.816. The topological polar surface area (TPSA) is 96.9 Å². The Morgan fingerprint density at radius 3 is 2.32 bits per heavy atom. The van der Waals surface area contributed by atoms with Crippen LogP contribution >= 0.6 is 0 Å². The standard InChI is InChI=1S/C33H31F2N5O4/c1-33(14-15-39(2)32(33)42)20-9-11-21(12-10-20)36-30-28-25(37-29(38-30)27-23(34)6-5-7-24(27)35)18-40(31(28)41)17-19-8-13-22(43-3)16-26(19)44-4/h5-13,16H,14-15,17-18H2,1-4H3,(H,36,37,38)/t33-/m1/s1. The van der Waals surface area contributed by atoms with E-state index in [4.69, 9.17) is 9.47 Å². The number of halogens is 2. The summed E-state index contributed by atoms with van der Waals surface area (Å²) < 4.78 is 40.5. The zero-order valence-corrected chi connectivity index (χ0v) is 24.8. The van der Waals surface area contributed by atoms with E-state index in [-0.39, 0.29) is 47.7 Å². The summed E-state index contributed by atoms with van der Waals surface area (Å²) in [6, 6.07) is 16.2. The first-order valence-corrected chi connectivity index (χ1v) is 14.1. The van der Waals surface area contributed by atoms with Gasteiger partial charge in [0, 0.05) is 30.9 Å². The minimum Gasteiger partial charge on any atom is -0.497 e. The predicted molar refractivity (Wildman–Crippen MR) is 160 cm³/mol. The van der Waals surface area contributed by atoms with Crippen molar-refractivity contribution in [1.29, 1.82) is 0 Å². The van der Waals surface area contributed by atoms with Crippen LogP contribution in [0.3, 0.4) is 0 Å². The van der Waals surface area contributed by atoms with Gasteiger partial charge in [-0.15, -0.1) is 0 Å². The van der Waals surface area contributed by atoms with Crippen LogP contribution in [0.15, 0.2) is 60.7 Å². The molecule has 3 aromatic carbocycles. The van der Waals surface area contributed by atoms with Gasteiger partial charge in [0.05, 0.1) is 44.0 Å². The number of amides is 2. The van der Waals surface area contributed by atoms with Gasteiger partial charge in [-0.3, -0.25) is 9.59 Å². The average Bonchev–Trinajstić information content (AvgIpc) is 3.48. The van der Waals surface area contributed by atoms with Gasteiger partial charge in [0.2, 0.25) is 5.91 Å². The fraction of sp³-hybridized carbons (Fsp3) is 0.273. The summed E-state index contributed by atoms with van der Waals surface area (Å²) in [5.74, 6) is -0.813. The molecule has 0 aliphatic carbocycles. The fourth-order valence-corrected chi connectivity index (χ4v) is 5.83. The van der Waals surface area contributed by atoms with Gasteiger partial charge in [-0.1, -0.05) is 18.2 Å². The molecule has 3 heterocycles. The van der Waals surface area contributed by atoms with Gasteiger partial charge in [0.15, 0.2) is 5.82 Å². The van der Waals surface area contributed by atoms with E-state index < -0.39 is 17.0 Å². The zero-order chi connectivity index (χ0) is 31.2. The maximum absolute atomic E-state index is 14.8. The molecule has 1 N–H and O–H groups in total. The molecule has 1 saturated heterocycles. The van der Waals surface area contributed by atoms with E-state index in [9.17, 15) is 18.4 Å². The number of carbonyl (C=O) groups excluding carboxylic acids is 2. The lowest BCUT2D eigenvalue weighted by atomic mass is 9.81. The van der Waals surface area contributed by atoms with Gasteiger partial charge in [0.25, 0.3) is 5.91 Å². The number of carbonyl (C=O) groups is 2. The third-order valence-corrected chi connectivity index (χ3v) is 8.42. The first-order chi connectivity index (χ1) is 21.1. The maximum atomic E-state index is 14.8. The monoisotopic (exact) mass is 599 g/mol. The summed E-state index contributed by atoms with van der Waals surface area (Å²) in [5, 5.41) is 3.18. The van der Waals surface area contributed by atoms with E-state index >= 15 is 0 Å². The van der Waals surface area contributed by atoms with Crippen molar-refractivity contribution < 1.29 is 27.8 Å². The molecule has 0 saturated carbocycles. The Kier molecular flexibility index (Phi) is 7.40. The largest absolute Gasteiger partial charge is 0.497 e. The van der Waals surface area contributed by atoms with Gasteiger partial charge in [-0.2, -0.15) is 0 Å². The number of fused-ring (bicyclic) bond motifs is 1. The van der Waals surface area contributed by atoms with Crippen molar-refractivity contribution in [3.8, 4) is 22.9 Å². The van der Waals surface area contributed by atoms with Gasteiger partial charge < -0.3 is 24.6 Å². The third-order valence-electron chi connectivity index (χ3n) is 8.42. The summed E-state index contributed by atoms with van der Waals surface area (Å²) in [6.45, 7) is 2.90. The van der Waals surface area contributed by atoms with E-state index in [1.165, 1.54) is 13.2 Å². The molecule has 2 amide bonds. The Bertz CT molecular complexity index is 1760. The quantitative estimate of drug-likeness (QED) is 0.287. The molecule has 4 aromatic rings. The molecule has 0 spiro atoms. The molecule has 2 aliphatic rings. The van der Waals surface area contributed by atoms with Crippen LogP contribution in [0.1, 0.15) is 40.5 Å². The molecule has 1 fully saturated rings. The Balaban J connectivity index is 1.37. The van der Waals surface area contributed by atoms with Crippen LogP contribution in [-0.2, 0) is 23.3 Å². The zero-order valence-electron chi connectivity index (χ0n) is 24.8. The fourth-order valence-electron chi connectivity index (χ4n) is 5.83. The Morgan fingerprint density at radius 2 is 1.68 bits per heavy atom. The second kappa shape index (κ2) is 11.2. The number of methoxy groups -OCH3 is 2. The first-order valence-electron chi connectivity index (χ1n) is 14.1. The smallest absolute Gasteiger partial charge is 0.260 e. The Labute approximate surface area is 253 Å². The van der Waals surface area contributed by atoms with E-state index in [1.807, 2.05) is 25.1 Å². The molecule has 11 heteroatoms. The van der Waals surface area contributed by atoms with Crippen molar-refractivity contribution in [3.05, 3.63) is 94.7 Å². The first kappa shape index (κ1) is 29.0. The van der Waals surface area contributed by atoms with Crippen molar-refractivity contribution in [2.75, 3.05) is 33.1 Å². The van der Waals surface area contributed by atoms with E-state index in [1.54, 1.807) is 48.2 Å². The van der Waals surface area contributed by atoms with Crippen LogP contribution in [-0.4, -0.2) is 59.4 Å². The highest BCUT2D eigenvalue weighted by Crippen LogP contribution is 2.37. The summed E-state index contributed by atoms with van der Waals surface area (Å²) in [5.41, 5.74) is 1.73. The predicted octanol–water partition coefficient (Wildman–Crippen LogP) is 5.46. The number of rotatable bonds is 8. The molecular weight excluding hydrogens is 568 g/mol. The molecule has 226 valence electrons. The van der Waals surface area contributed by atoms with Crippen molar-refractivity contribution in [1.82, 2.24) is 19.8 Å². The number of aromatic nitrogens is 2. The molecule has 44 heavy (non-hydrogen) atoms. The average molecular weight is 600 g/mol. The number of nitrogens with zero attached hydrogens (tertiary/aromatic N) is 4. The summed E-state index contributed by atoms with van der Waals surface area (Å²) in [6.07, 6.45) is 0.704. The number of likely N-dealkylation sites (tertiary alicyclic amines) is 1. The van der Waals surface area contributed by atoms with Crippen LogP contribution in [0.25, 0.3) is 11.4 Å². The lowest BCUT2D eigenvalue weighted by Crippen LogP contribution is -2.33. The summed E-state index contributed by atoms with van der Waals surface area (Å²) in [7, 11) is 4.88. The number of ether oxygens (including phenoxy) is 2. The maximum Gasteiger partial charge on any atom is 0.260 e. The van der Waals surface area contributed by atoms with Gasteiger partial charge in [0.1, 0.15) is 34.5 Å². The number of benzene rings is 3. The third kappa shape index (κ3) is 4.97. The second-order valence-corrected chi connectivity index (χ2v) is 11.2. The molecule has 2 aliphatic heterocycles. The summed E-state index contributed by atoms with van der Waals surface area (Å²) >= 11 is 0. The number of hydrogen-bond acceptors (Lipinski definition) is 7. The number of anilines is 2. The number of nitrogens with one attached hydrogen (secondary N) is 1. The van der Waals surface area contributed by atoms with Crippen molar-refractivity contribution >= 4 is 23.3 Å². The van der Waals surface area contributed by atoms with Gasteiger partial charge >= 0.3 is 0 Å². The van der Waals surface area contributed by atoms with Gasteiger partial charge in [-0.25, -0.2) is 18.7 Å². The van der Waals surface area contributed by atoms with Crippen LogP contribution in [0, 0.1) is 11.6 Å². The Morgan fingerprint density at radius 1 is 0.955 bits per heavy atom. The highest BCUT2D eigenvalue weighted by molar-refractivity contribution is 6.03. The van der Waals surface area contributed by atoms with Crippen molar-refractivity contribution in [2.24, 2.45) is 0 Å². The minimum absolute atomic E-state index is 0.0579. The van der Waals surface area contributed by atoms with E-state index in [0.717, 1.165) is 23.3 Å². The summed E-state index contributed by atoms with van der Waals surface area (Å²) in [4.78, 5) is 38.8. The molecule has 6 rings (SSSR count). The lowest BCUT2D eigenvalue weighted by molar-refractivity contribution is -0.130. The highest BCUT2D eigenvalue weighted by Gasteiger charge is 2.42. The van der Waals surface area contributed by atoms with Crippen LogP contribution in [0.5, 0.6) is 11.5 Å². The molecular formula is C33H31F2N5O4. The second-order valence-electron chi connectivity index (χ2n) is 11.2. The normalized spacial score (nSPS) is 17.7. The number of hydrogen-bond donors (Lipinski definition) is 1. The molecule has 1 atom stereocenters. The van der Waals surface area contributed by atoms with Crippen LogP contribution in [0.2, 0.25) is 0 Å². The molecule has 9 nitrogen and oxygen atoms in total. The number of likely N-dealkylation sites (N-methyl/N-ethyl adjacent to an activating group) is 1. The molecule has 1 aromatic heterocycles. The van der Waals surface area contributed by atoms with Crippen molar-refractivity contribution in [3.63, 3.8) is 0 Å². The van der Waals surface area contributed by atoms with Gasteiger partial charge in [-0.05, 0) is 55.3 Å². The Hall–Kier alpha value is -5.06. The van der Waals surface area contributed by atoms with Crippen LogP contribution < -0.4 is 14.8 Å². The lowest BCUT2D eigenvalue weighted by Gasteiger charge is -2.23. The van der Waals surface area contributed by atoms with Crippen LogP contribution in [0.4, 0.5) is 20.3 Å². The highest BCUT2D eigenvalue weighted by atomic mass is 19.1. The molecule has 0 unspecified atom stereocenters. The SMILES string of the molecule is COc1ccc(CN2Cc3nc(-c4c(F)cccc4F)nc(Nc4ccc([C@@]5(C)CCN(C)C5=O)cc4)c3C2=O)c(OC)c1. The van der Waals surface area contributed by atoms with Crippen molar-refractivity contribution in [2.45, 2.75) is 31.8 Å². The molecule has 0 bridgehead atoms.